The Hall–Kier alpha value is -2.82. The van der Waals surface area contributed by atoms with E-state index in [4.69, 9.17) is 4.84 Å². The Morgan fingerprint density at radius 2 is 1.75 bits per heavy atom. The molecule has 0 aromatic heterocycles. The normalized spacial score (nSPS) is 19.6. The number of amides is 1. The van der Waals surface area contributed by atoms with Gasteiger partial charge in [-0.3, -0.25) is 10.2 Å². The van der Waals surface area contributed by atoms with Crippen molar-refractivity contribution in [2.75, 3.05) is 0 Å². The van der Waals surface area contributed by atoms with Crippen molar-refractivity contribution < 1.29 is 9.63 Å². The van der Waals surface area contributed by atoms with E-state index in [1.54, 1.807) is 5.01 Å². The molecule has 0 bridgehead atoms. The molecule has 1 aliphatic rings. The van der Waals surface area contributed by atoms with E-state index in [9.17, 15) is 4.79 Å². The maximum absolute atomic E-state index is 12.5. The maximum atomic E-state index is 12.5. The van der Waals surface area contributed by atoms with Crippen LogP contribution in [0.5, 0.6) is 0 Å². The van der Waals surface area contributed by atoms with E-state index in [1.165, 1.54) is 0 Å². The molecular weight excluding hydrogens is 302 g/mol. The first-order valence-electron chi connectivity index (χ1n) is 8.07. The lowest BCUT2D eigenvalue weighted by Crippen LogP contribution is -2.56. The average Bonchev–Trinajstić information content (AvgIpc) is 2.94. The molecule has 2 aromatic rings. The van der Waals surface area contributed by atoms with Gasteiger partial charge in [-0.2, -0.15) is 0 Å². The van der Waals surface area contributed by atoms with Crippen LogP contribution in [-0.2, 0) is 16.1 Å². The molecule has 1 amide bonds. The Morgan fingerprint density at radius 1 is 1.12 bits per heavy atom. The summed E-state index contributed by atoms with van der Waals surface area (Å²) in [6.07, 6.45) is 0.984. The van der Waals surface area contributed by atoms with Gasteiger partial charge in [-0.15, -0.1) is 0 Å². The molecule has 1 heterocycles. The fourth-order valence-corrected chi connectivity index (χ4v) is 2.56. The minimum Gasteiger partial charge on any atom is -0.364 e. The molecule has 5 nitrogen and oxygen atoms in total. The van der Waals surface area contributed by atoms with Crippen LogP contribution in [0.25, 0.3) is 0 Å². The Labute approximate surface area is 141 Å². The number of rotatable bonds is 5. The van der Waals surface area contributed by atoms with Gasteiger partial charge in [0.05, 0.1) is 6.42 Å². The van der Waals surface area contributed by atoms with Crippen LogP contribution in [0, 0.1) is 0 Å². The minimum atomic E-state index is -0.697. The number of nitrogens with zero attached hydrogens (tertiary/aromatic N) is 2. The molecule has 0 radical (unpaired) electrons. The maximum Gasteiger partial charge on any atom is 0.243 e. The summed E-state index contributed by atoms with van der Waals surface area (Å²) in [7, 11) is 0. The van der Waals surface area contributed by atoms with Crippen molar-refractivity contribution in [2.24, 2.45) is 5.16 Å². The van der Waals surface area contributed by atoms with Gasteiger partial charge in [0.15, 0.2) is 5.84 Å². The van der Waals surface area contributed by atoms with Crippen molar-refractivity contribution in [1.29, 1.82) is 0 Å². The van der Waals surface area contributed by atoms with E-state index in [0.29, 0.717) is 18.7 Å². The van der Waals surface area contributed by atoms with Crippen molar-refractivity contribution in [3.63, 3.8) is 0 Å². The first kappa shape index (κ1) is 16.1. The summed E-state index contributed by atoms with van der Waals surface area (Å²) in [6, 6.07) is 19.4. The number of benzene rings is 2. The van der Waals surface area contributed by atoms with Crippen LogP contribution >= 0.6 is 0 Å². The Morgan fingerprint density at radius 3 is 2.38 bits per heavy atom. The van der Waals surface area contributed by atoms with Gasteiger partial charge >= 0.3 is 0 Å². The zero-order valence-electron chi connectivity index (χ0n) is 13.9. The molecule has 0 saturated carbocycles. The van der Waals surface area contributed by atoms with Gasteiger partial charge in [-0.25, -0.2) is 5.01 Å². The molecule has 1 unspecified atom stereocenters. The minimum absolute atomic E-state index is 0.102. The van der Waals surface area contributed by atoms with E-state index < -0.39 is 5.72 Å². The fraction of sp³-hybridized carbons (Fsp3) is 0.263. The van der Waals surface area contributed by atoms with Crippen molar-refractivity contribution in [3.05, 3.63) is 71.8 Å². The number of amidine groups is 1. The lowest BCUT2D eigenvalue weighted by atomic mass is 10.1. The first-order valence-corrected chi connectivity index (χ1v) is 8.07. The Balaban J connectivity index is 1.79. The van der Waals surface area contributed by atoms with Crippen molar-refractivity contribution in [3.8, 4) is 0 Å². The Bertz CT molecular complexity index is 731. The molecule has 5 heteroatoms. The van der Waals surface area contributed by atoms with E-state index in [-0.39, 0.29) is 5.91 Å². The number of oxime groups is 1. The molecule has 2 aromatic carbocycles. The van der Waals surface area contributed by atoms with Crippen LogP contribution < -0.4 is 5.43 Å². The molecule has 1 atom stereocenters. The average molecular weight is 323 g/mol. The zero-order valence-corrected chi connectivity index (χ0v) is 13.9. The molecule has 0 saturated heterocycles. The van der Waals surface area contributed by atoms with Gasteiger partial charge in [-0.1, -0.05) is 72.7 Å². The molecule has 0 fully saturated rings. The monoisotopic (exact) mass is 323 g/mol. The molecule has 1 N–H and O–H groups in total. The Kier molecular flexibility index (Phi) is 4.51. The second-order valence-corrected chi connectivity index (χ2v) is 5.93. The van der Waals surface area contributed by atoms with Crippen LogP contribution in [0.1, 0.15) is 31.4 Å². The quantitative estimate of drug-likeness (QED) is 0.920. The van der Waals surface area contributed by atoms with Crippen LogP contribution in [0.3, 0.4) is 0 Å². The summed E-state index contributed by atoms with van der Waals surface area (Å²) < 4.78 is 0. The third-order valence-electron chi connectivity index (χ3n) is 4.15. The highest BCUT2D eigenvalue weighted by atomic mass is 16.7. The van der Waals surface area contributed by atoms with Gasteiger partial charge in [0.2, 0.25) is 11.6 Å². The first-order chi connectivity index (χ1) is 11.6. The van der Waals surface area contributed by atoms with Crippen LogP contribution in [-0.4, -0.2) is 22.5 Å². The lowest BCUT2D eigenvalue weighted by Gasteiger charge is -2.33. The van der Waals surface area contributed by atoms with Crippen LogP contribution in [0.2, 0.25) is 0 Å². The van der Waals surface area contributed by atoms with E-state index in [0.717, 1.165) is 11.1 Å². The number of hydrogen-bond acceptors (Lipinski definition) is 4. The zero-order chi connectivity index (χ0) is 17.0. The molecule has 0 spiro atoms. The molecule has 3 rings (SSSR count). The molecular formula is C19H21N3O2. The summed E-state index contributed by atoms with van der Waals surface area (Å²) in [5.74, 6) is 0.511. The largest absolute Gasteiger partial charge is 0.364 e. The standard InChI is InChI=1S/C19H21N3O2/c1-3-19(2)22(18(21-24-19)16-12-8-5-9-13-16)20-17(23)14-15-10-6-4-7-11-15/h4-13H,3,14H2,1-2H3,(H,20,23). The second kappa shape index (κ2) is 6.74. The van der Waals surface area contributed by atoms with Gasteiger partial charge in [0.25, 0.3) is 0 Å². The highest BCUT2D eigenvalue weighted by molar-refractivity contribution is 6.00. The second-order valence-electron chi connectivity index (χ2n) is 5.93. The third-order valence-corrected chi connectivity index (χ3v) is 4.15. The van der Waals surface area contributed by atoms with Crippen molar-refractivity contribution >= 4 is 11.7 Å². The number of carbonyl (C=O) groups is 1. The van der Waals surface area contributed by atoms with Gasteiger partial charge < -0.3 is 4.84 Å². The third kappa shape index (κ3) is 3.25. The molecule has 124 valence electrons. The van der Waals surface area contributed by atoms with Crippen LogP contribution in [0.4, 0.5) is 0 Å². The predicted octanol–water partition coefficient (Wildman–Crippen LogP) is 3.08. The highest BCUT2D eigenvalue weighted by Crippen LogP contribution is 2.28. The number of hydrazine groups is 1. The van der Waals surface area contributed by atoms with Gasteiger partial charge in [0, 0.05) is 12.0 Å². The van der Waals surface area contributed by atoms with Crippen LogP contribution in [0.15, 0.2) is 65.8 Å². The fourth-order valence-electron chi connectivity index (χ4n) is 2.56. The van der Waals surface area contributed by atoms with E-state index in [2.05, 4.69) is 10.6 Å². The summed E-state index contributed by atoms with van der Waals surface area (Å²) in [6.45, 7) is 3.91. The number of carbonyl (C=O) groups excluding carboxylic acids is 1. The molecule has 24 heavy (non-hydrogen) atoms. The smallest absolute Gasteiger partial charge is 0.243 e. The summed E-state index contributed by atoms with van der Waals surface area (Å²) in [5, 5.41) is 5.93. The topological polar surface area (TPSA) is 53.9 Å². The van der Waals surface area contributed by atoms with E-state index in [1.807, 2.05) is 74.5 Å². The summed E-state index contributed by atoms with van der Waals surface area (Å²) >= 11 is 0. The predicted molar refractivity (Wildman–Crippen MR) is 92.9 cm³/mol. The number of hydrogen-bond donors (Lipinski definition) is 1. The van der Waals surface area contributed by atoms with Crippen molar-refractivity contribution in [2.45, 2.75) is 32.4 Å². The van der Waals surface area contributed by atoms with Gasteiger partial charge in [0.1, 0.15) is 0 Å². The highest BCUT2D eigenvalue weighted by Gasteiger charge is 2.42. The summed E-state index contributed by atoms with van der Waals surface area (Å²) in [5.41, 5.74) is 4.12. The van der Waals surface area contributed by atoms with Gasteiger partial charge in [-0.05, 0) is 12.5 Å². The SMILES string of the molecule is CCC1(C)ON=C(c2ccccc2)N1NC(=O)Cc1ccccc1. The number of nitrogens with one attached hydrogen (secondary N) is 1. The lowest BCUT2D eigenvalue weighted by molar-refractivity contribution is -0.138. The van der Waals surface area contributed by atoms with E-state index >= 15 is 0 Å². The van der Waals surface area contributed by atoms with Crippen molar-refractivity contribution in [1.82, 2.24) is 10.4 Å². The summed E-state index contributed by atoms with van der Waals surface area (Å²) in [4.78, 5) is 18.1. The molecule has 0 aliphatic carbocycles. The molecule has 1 aliphatic heterocycles.